The summed E-state index contributed by atoms with van der Waals surface area (Å²) >= 11 is 0. The fourth-order valence-corrected chi connectivity index (χ4v) is 1.95. The molecule has 1 aromatic carbocycles. The summed E-state index contributed by atoms with van der Waals surface area (Å²) in [4.78, 5) is 0. The van der Waals surface area contributed by atoms with Crippen LogP contribution in [0.5, 0.6) is 0 Å². The van der Waals surface area contributed by atoms with E-state index in [-0.39, 0.29) is 25.4 Å². The van der Waals surface area contributed by atoms with Gasteiger partial charge in [-0.25, -0.2) is 13.2 Å². The van der Waals surface area contributed by atoms with E-state index < -0.39 is 17.3 Å². The minimum Gasteiger partial charge on any atom is -0.302 e. The highest BCUT2D eigenvalue weighted by molar-refractivity contribution is 5.85. The average molecular weight is 252 g/mol. The van der Waals surface area contributed by atoms with E-state index in [2.05, 4.69) is 5.32 Å². The average Bonchev–Trinajstić information content (AvgIpc) is 2.43. The van der Waals surface area contributed by atoms with Gasteiger partial charge < -0.3 is 5.32 Å². The number of rotatable bonds is 1. The second-order valence-electron chi connectivity index (χ2n) is 4.01. The lowest BCUT2D eigenvalue weighted by Gasteiger charge is -2.31. The van der Waals surface area contributed by atoms with Gasteiger partial charge in [-0.3, -0.25) is 0 Å². The molecule has 1 unspecified atom stereocenters. The van der Waals surface area contributed by atoms with Crippen molar-refractivity contribution in [2.45, 2.75) is 24.8 Å². The van der Waals surface area contributed by atoms with Crippen molar-refractivity contribution in [1.82, 2.24) is 5.32 Å². The molecule has 0 aromatic heterocycles. The molecule has 1 aromatic rings. The summed E-state index contributed by atoms with van der Waals surface area (Å²) in [5.41, 5.74) is -0.952. The first-order valence-corrected chi connectivity index (χ1v) is 4.85. The molecule has 1 aliphatic heterocycles. The van der Waals surface area contributed by atoms with Gasteiger partial charge >= 0.3 is 0 Å². The van der Waals surface area contributed by atoms with Gasteiger partial charge in [0, 0.05) is 13.0 Å². The minimum absolute atomic E-state index is 0. The molecule has 1 saturated heterocycles. The highest BCUT2D eigenvalue weighted by Gasteiger charge is 2.54. The van der Waals surface area contributed by atoms with E-state index in [9.17, 15) is 13.2 Å². The Morgan fingerprint density at radius 1 is 1.19 bits per heavy atom. The van der Waals surface area contributed by atoms with Crippen molar-refractivity contribution in [3.8, 4) is 0 Å². The highest BCUT2D eigenvalue weighted by Crippen LogP contribution is 2.43. The molecule has 0 saturated carbocycles. The van der Waals surface area contributed by atoms with Gasteiger partial charge in [0.15, 0.2) is 0 Å². The molecule has 1 N–H and O–H groups in total. The second kappa shape index (κ2) is 4.26. The van der Waals surface area contributed by atoms with Crippen LogP contribution in [0.25, 0.3) is 0 Å². The summed E-state index contributed by atoms with van der Waals surface area (Å²) in [6, 6.07) is 5.22. The molecule has 16 heavy (non-hydrogen) atoms. The molecule has 0 radical (unpaired) electrons. The molecule has 0 aliphatic carbocycles. The zero-order valence-electron chi connectivity index (χ0n) is 8.77. The SMILES string of the molecule is CC1(c2ccc(F)cc2)NCCC1(F)F.Cl. The van der Waals surface area contributed by atoms with Crippen molar-refractivity contribution in [2.24, 2.45) is 0 Å². The van der Waals surface area contributed by atoms with Gasteiger partial charge in [0.25, 0.3) is 5.92 Å². The van der Waals surface area contributed by atoms with Gasteiger partial charge in [-0.15, -0.1) is 12.4 Å². The van der Waals surface area contributed by atoms with E-state index in [4.69, 9.17) is 0 Å². The van der Waals surface area contributed by atoms with Crippen molar-refractivity contribution >= 4 is 12.4 Å². The first kappa shape index (κ1) is 13.3. The lowest BCUT2D eigenvalue weighted by Crippen LogP contribution is -2.46. The Kier molecular flexibility index (Phi) is 3.55. The number of hydrogen-bond acceptors (Lipinski definition) is 1. The maximum atomic E-state index is 13.6. The summed E-state index contributed by atoms with van der Waals surface area (Å²) in [6.07, 6.45) is -0.180. The fraction of sp³-hybridized carbons (Fsp3) is 0.455. The smallest absolute Gasteiger partial charge is 0.270 e. The highest BCUT2D eigenvalue weighted by atomic mass is 35.5. The number of nitrogens with one attached hydrogen (secondary N) is 1. The summed E-state index contributed by atoms with van der Waals surface area (Å²) in [7, 11) is 0. The summed E-state index contributed by atoms with van der Waals surface area (Å²) in [5.74, 6) is -3.20. The quantitative estimate of drug-likeness (QED) is 0.809. The third-order valence-corrected chi connectivity index (χ3v) is 3.07. The molecule has 0 bridgehead atoms. The lowest BCUT2D eigenvalue weighted by atomic mass is 9.87. The van der Waals surface area contributed by atoms with Gasteiger partial charge in [0.2, 0.25) is 0 Å². The maximum absolute atomic E-state index is 13.6. The van der Waals surface area contributed by atoms with Crippen molar-refractivity contribution in [3.63, 3.8) is 0 Å². The first-order valence-electron chi connectivity index (χ1n) is 4.85. The fourth-order valence-electron chi connectivity index (χ4n) is 1.95. The molecule has 0 amide bonds. The summed E-state index contributed by atoms with van der Waals surface area (Å²) in [5, 5.41) is 2.79. The Morgan fingerprint density at radius 2 is 1.75 bits per heavy atom. The van der Waals surface area contributed by atoms with E-state index in [0.717, 1.165) is 0 Å². The minimum atomic E-state index is -2.79. The Bertz CT molecular complexity index is 366. The standard InChI is InChI=1S/C11H12F3N.ClH/c1-10(11(13,14)6-7-15-10)8-2-4-9(12)5-3-8;/h2-5,15H,6-7H2,1H3;1H. The molecule has 1 atom stereocenters. The molecule has 1 aliphatic rings. The molecule has 90 valence electrons. The van der Waals surface area contributed by atoms with Gasteiger partial charge in [-0.1, -0.05) is 12.1 Å². The van der Waals surface area contributed by atoms with Crippen molar-refractivity contribution in [1.29, 1.82) is 0 Å². The summed E-state index contributed by atoms with van der Waals surface area (Å²) < 4.78 is 39.9. The molecule has 1 nitrogen and oxygen atoms in total. The summed E-state index contributed by atoms with van der Waals surface area (Å²) in [6.45, 7) is 1.73. The topological polar surface area (TPSA) is 12.0 Å². The largest absolute Gasteiger partial charge is 0.302 e. The zero-order valence-corrected chi connectivity index (χ0v) is 9.58. The van der Waals surface area contributed by atoms with Crippen LogP contribution in [0.4, 0.5) is 13.2 Å². The molecule has 2 rings (SSSR count). The van der Waals surface area contributed by atoms with E-state index in [1.807, 2.05) is 0 Å². The number of benzene rings is 1. The van der Waals surface area contributed by atoms with Gasteiger partial charge in [0.1, 0.15) is 11.4 Å². The molecular formula is C11H13ClF3N. The van der Waals surface area contributed by atoms with Crippen LogP contribution in [0.1, 0.15) is 18.9 Å². The Hall–Kier alpha value is -0.740. The van der Waals surface area contributed by atoms with Crippen LogP contribution in [0.3, 0.4) is 0 Å². The second-order valence-corrected chi connectivity index (χ2v) is 4.01. The van der Waals surface area contributed by atoms with Crippen LogP contribution in [-0.4, -0.2) is 12.5 Å². The van der Waals surface area contributed by atoms with Crippen molar-refractivity contribution in [2.75, 3.05) is 6.54 Å². The third-order valence-electron chi connectivity index (χ3n) is 3.07. The third kappa shape index (κ3) is 1.92. The van der Waals surface area contributed by atoms with Crippen molar-refractivity contribution < 1.29 is 13.2 Å². The van der Waals surface area contributed by atoms with Crippen LogP contribution in [0.15, 0.2) is 24.3 Å². The van der Waals surface area contributed by atoms with Gasteiger partial charge in [-0.2, -0.15) is 0 Å². The number of hydrogen-bond donors (Lipinski definition) is 1. The number of alkyl halides is 2. The Morgan fingerprint density at radius 3 is 2.19 bits per heavy atom. The first-order chi connectivity index (χ1) is 6.96. The van der Waals surface area contributed by atoms with E-state index in [1.165, 1.54) is 31.2 Å². The van der Waals surface area contributed by atoms with Crippen LogP contribution in [0, 0.1) is 5.82 Å². The van der Waals surface area contributed by atoms with E-state index >= 15 is 0 Å². The predicted molar refractivity (Wildman–Crippen MR) is 58.6 cm³/mol. The van der Waals surface area contributed by atoms with E-state index in [0.29, 0.717) is 5.56 Å². The Balaban J connectivity index is 0.00000128. The maximum Gasteiger partial charge on any atom is 0.270 e. The molecule has 0 spiro atoms. The Labute approximate surface area is 98.4 Å². The molecule has 1 fully saturated rings. The van der Waals surface area contributed by atoms with Crippen LogP contribution in [0.2, 0.25) is 0 Å². The number of halogens is 4. The van der Waals surface area contributed by atoms with Crippen LogP contribution >= 0.6 is 12.4 Å². The zero-order chi connectivity index (χ0) is 11.1. The van der Waals surface area contributed by atoms with E-state index in [1.54, 1.807) is 0 Å². The normalized spacial score (nSPS) is 27.5. The lowest BCUT2D eigenvalue weighted by molar-refractivity contribution is -0.0559. The van der Waals surface area contributed by atoms with Crippen LogP contribution in [-0.2, 0) is 5.54 Å². The monoisotopic (exact) mass is 251 g/mol. The molecule has 1 heterocycles. The molecular weight excluding hydrogens is 239 g/mol. The molecule has 5 heteroatoms. The van der Waals surface area contributed by atoms with Crippen LogP contribution < -0.4 is 5.32 Å². The van der Waals surface area contributed by atoms with Gasteiger partial charge in [-0.05, 0) is 24.6 Å². The predicted octanol–water partition coefficient (Wildman–Crippen LogP) is 3.09. The van der Waals surface area contributed by atoms with Gasteiger partial charge in [0.05, 0.1) is 0 Å². The van der Waals surface area contributed by atoms with Crippen molar-refractivity contribution in [3.05, 3.63) is 35.6 Å².